The van der Waals surface area contributed by atoms with Crippen molar-refractivity contribution in [2.45, 2.75) is 6.29 Å². The van der Waals surface area contributed by atoms with Crippen molar-refractivity contribution in [3.8, 4) is 0 Å². The van der Waals surface area contributed by atoms with Crippen molar-refractivity contribution in [3.05, 3.63) is 52.3 Å². The SMILES string of the molecule is O=C(Nc1ccc(C2OCCO2)cc1)c1cc(Br)c[nH]1. The Balaban J connectivity index is 1.67. The topological polar surface area (TPSA) is 63.4 Å². The minimum Gasteiger partial charge on any atom is -0.356 e. The molecule has 1 aliphatic rings. The van der Waals surface area contributed by atoms with Gasteiger partial charge in [0, 0.05) is 21.9 Å². The largest absolute Gasteiger partial charge is 0.356 e. The molecule has 1 aromatic heterocycles. The van der Waals surface area contributed by atoms with Crippen LogP contribution < -0.4 is 5.32 Å². The second kappa shape index (κ2) is 5.78. The van der Waals surface area contributed by atoms with Crippen LogP contribution in [0.5, 0.6) is 0 Å². The van der Waals surface area contributed by atoms with E-state index in [1.165, 1.54) is 0 Å². The van der Waals surface area contributed by atoms with Gasteiger partial charge in [-0.05, 0) is 34.1 Å². The Hall–Kier alpha value is -1.63. The van der Waals surface area contributed by atoms with Gasteiger partial charge in [0.25, 0.3) is 5.91 Å². The Morgan fingerprint density at radius 1 is 1.25 bits per heavy atom. The maximum Gasteiger partial charge on any atom is 0.272 e. The zero-order valence-corrected chi connectivity index (χ0v) is 12.1. The van der Waals surface area contributed by atoms with Gasteiger partial charge in [-0.2, -0.15) is 0 Å². The van der Waals surface area contributed by atoms with Crippen molar-refractivity contribution < 1.29 is 14.3 Å². The summed E-state index contributed by atoms with van der Waals surface area (Å²) < 4.78 is 11.7. The second-order valence-electron chi connectivity index (χ2n) is 4.38. The third-order valence-electron chi connectivity index (χ3n) is 2.95. The van der Waals surface area contributed by atoms with Gasteiger partial charge in [-0.3, -0.25) is 4.79 Å². The lowest BCUT2D eigenvalue weighted by Gasteiger charge is -2.10. The fourth-order valence-corrected chi connectivity index (χ4v) is 2.32. The van der Waals surface area contributed by atoms with Crippen LogP contribution in [-0.4, -0.2) is 24.1 Å². The molecule has 1 aliphatic heterocycles. The maximum absolute atomic E-state index is 12.0. The van der Waals surface area contributed by atoms with Crippen LogP contribution in [0.4, 0.5) is 5.69 Å². The van der Waals surface area contributed by atoms with Gasteiger partial charge in [0.15, 0.2) is 6.29 Å². The molecule has 1 saturated heterocycles. The number of amides is 1. The molecule has 0 aliphatic carbocycles. The number of aromatic amines is 1. The van der Waals surface area contributed by atoms with Crippen LogP contribution in [0.1, 0.15) is 22.3 Å². The second-order valence-corrected chi connectivity index (χ2v) is 5.30. The maximum atomic E-state index is 12.0. The van der Waals surface area contributed by atoms with E-state index in [9.17, 15) is 4.79 Å². The van der Waals surface area contributed by atoms with Crippen molar-refractivity contribution >= 4 is 27.5 Å². The fraction of sp³-hybridized carbons (Fsp3) is 0.214. The van der Waals surface area contributed by atoms with E-state index < -0.39 is 0 Å². The summed E-state index contributed by atoms with van der Waals surface area (Å²) in [5.74, 6) is -0.184. The molecule has 2 N–H and O–H groups in total. The highest BCUT2D eigenvalue weighted by molar-refractivity contribution is 9.10. The number of ether oxygens (including phenoxy) is 2. The zero-order chi connectivity index (χ0) is 13.9. The summed E-state index contributed by atoms with van der Waals surface area (Å²) in [6, 6.07) is 9.16. The Morgan fingerprint density at radius 2 is 1.95 bits per heavy atom. The van der Waals surface area contributed by atoms with Crippen LogP contribution in [-0.2, 0) is 9.47 Å². The normalized spacial score (nSPS) is 15.4. The van der Waals surface area contributed by atoms with Gasteiger partial charge in [-0.25, -0.2) is 0 Å². The lowest BCUT2D eigenvalue weighted by atomic mass is 10.2. The number of nitrogens with one attached hydrogen (secondary N) is 2. The summed E-state index contributed by atoms with van der Waals surface area (Å²) in [5.41, 5.74) is 2.17. The summed E-state index contributed by atoms with van der Waals surface area (Å²) in [6.07, 6.45) is 1.42. The molecule has 0 saturated carbocycles. The molecule has 20 heavy (non-hydrogen) atoms. The van der Waals surface area contributed by atoms with Crippen molar-refractivity contribution in [1.82, 2.24) is 4.98 Å². The van der Waals surface area contributed by atoms with Crippen molar-refractivity contribution in [1.29, 1.82) is 0 Å². The molecule has 104 valence electrons. The van der Waals surface area contributed by atoms with Gasteiger partial charge >= 0.3 is 0 Å². The predicted molar refractivity (Wildman–Crippen MR) is 77.5 cm³/mol. The standard InChI is InChI=1S/C14H13BrN2O3/c15-10-7-12(16-8-10)13(18)17-11-3-1-9(2-4-11)14-19-5-6-20-14/h1-4,7-8,14,16H,5-6H2,(H,17,18). The molecule has 0 bridgehead atoms. The highest BCUT2D eigenvalue weighted by Gasteiger charge is 2.18. The number of carbonyl (C=O) groups excluding carboxylic acids is 1. The van der Waals surface area contributed by atoms with Gasteiger partial charge in [-0.1, -0.05) is 12.1 Å². The fourth-order valence-electron chi connectivity index (χ4n) is 1.97. The number of carbonyl (C=O) groups is 1. The average molecular weight is 337 g/mol. The lowest BCUT2D eigenvalue weighted by Crippen LogP contribution is -2.12. The Labute approximate surface area is 124 Å². The molecule has 0 unspecified atom stereocenters. The van der Waals surface area contributed by atoms with E-state index in [0.29, 0.717) is 18.9 Å². The molecule has 2 aromatic rings. The van der Waals surface area contributed by atoms with Crippen LogP contribution >= 0.6 is 15.9 Å². The van der Waals surface area contributed by atoms with E-state index in [4.69, 9.17) is 9.47 Å². The molecule has 1 amide bonds. The summed E-state index contributed by atoms with van der Waals surface area (Å²) >= 11 is 3.29. The van der Waals surface area contributed by atoms with Gasteiger partial charge in [0.2, 0.25) is 0 Å². The molecule has 0 atom stereocenters. The van der Waals surface area contributed by atoms with E-state index in [0.717, 1.165) is 15.7 Å². The Bertz CT molecular complexity index is 603. The van der Waals surface area contributed by atoms with Crippen LogP contribution in [0.15, 0.2) is 41.0 Å². The average Bonchev–Trinajstić information content (AvgIpc) is 3.10. The van der Waals surface area contributed by atoms with E-state index >= 15 is 0 Å². The van der Waals surface area contributed by atoms with Gasteiger partial charge in [0.05, 0.1) is 13.2 Å². The highest BCUT2D eigenvalue weighted by atomic mass is 79.9. The Kier molecular flexibility index (Phi) is 3.86. The van der Waals surface area contributed by atoms with E-state index in [1.54, 1.807) is 12.3 Å². The first-order chi connectivity index (χ1) is 9.72. The van der Waals surface area contributed by atoms with Crippen molar-refractivity contribution in [3.63, 3.8) is 0 Å². The summed E-state index contributed by atoms with van der Waals surface area (Å²) in [5, 5.41) is 2.82. The van der Waals surface area contributed by atoms with Crippen LogP contribution in [0.25, 0.3) is 0 Å². The van der Waals surface area contributed by atoms with E-state index in [1.807, 2.05) is 24.3 Å². The first-order valence-electron chi connectivity index (χ1n) is 6.21. The van der Waals surface area contributed by atoms with Gasteiger partial charge in [0.1, 0.15) is 5.69 Å². The smallest absolute Gasteiger partial charge is 0.272 e. The number of rotatable bonds is 3. The minimum absolute atomic E-state index is 0.184. The predicted octanol–water partition coefficient (Wildman–Crippen LogP) is 3.07. The quantitative estimate of drug-likeness (QED) is 0.905. The number of aromatic nitrogens is 1. The number of H-pyrrole nitrogens is 1. The van der Waals surface area contributed by atoms with Crippen LogP contribution in [0.2, 0.25) is 0 Å². The molecule has 3 rings (SSSR count). The molecule has 6 heteroatoms. The first kappa shape index (κ1) is 13.4. The molecule has 1 fully saturated rings. The summed E-state index contributed by atoms with van der Waals surface area (Å²) in [6.45, 7) is 1.23. The van der Waals surface area contributed by atoms with Crippen molar-refractivity contribution in [2.24, 2.45) is 0 Å². The third-order valence-corrected chi connectivity index (χ3v) is 3.41. The number of hydrogen-bond acceptors (Lipinski definition) is 3. The molecular weight excluding hydrogens is 324 g/mol. The molecular formula is C14H13BrN2O3. The zero-order valence-electron chi connectivity index (χ0n) is 10.6. The van der Waals surface area contributed by atoms with Gasteiger partial charge < -0.3 is 19.8 Å². The molecule has 0 spiro atoms. The molecule has 1 aromatic carbocycles. The Morgan fingerprint density at radius 3 is 2.55 bits per heavy atom. The number of halogens is 1. The lowest BCUT2D eigenvalue weighted by molar-refractivity contribution is -0.0441. The van der Waals surface area contributed by atoms with E-state index in [2.05, 4.69) is 26.2 Å². The molecule has 5 nitrogen and oxygen atoms in total. The minimum atomic E-state index is -0.292. The van der Waals surface area contributed by atoms with Crippen LogP contribution in [0.3, 0.4) is 0 Å². The number of benzene rings is 1. The van der Waals surface area contributed by atoms with E-state index in [-0.39, 0.29) is 12.2 Å². The first-order valence-corrected chi connectivity index (χ1v) is 7.00. The number of anilines is 1. The van der Waals surface area contributed by atoms with Gasteiger partial charge in [-0.15, -0.1) is 0 Å². The summed E-state index contributed by atoms with van der Waals surface area (Å²) in [7, 11) is 0. The number of hydrogen-bond donors (Lipinski definition) is 2. The van der Waals surface area contributed by atoms with Crippen molar-refractivity contribution in [2.75, 3.05) is 18.5 Å². The highest BCUT2D eigenvalue weighted by Crippen LogP contribution is 2.24. The molecule has 0 radical (unpaired) electrons. The molecule has 2 heterocycles. The monoisotopic (exact) mass is 336 g/mol. The summed E-state index contributed by atoms with van der Waals surface area (Å²) in [4.78, 5) is 14.8. The third kappa shape index (κ3) is 2.92. The van der Waals surface area contributed by atoms with Crippen LogP contribution in [0, 0.1) is 0 Å².